The average molecular weight is 353 g/mol. The maximum absolute atomic E-state index is 12.5. The summed E-state index contributed by atoms with van der Waals surface area (Å²) in [5, 5.41) is 0. The lowest BCUT2D eigenvalue weighted by Crippen LogP contribution is -2.46. The van der Waals surface area contributed by atoms with Gasteiger partial charge in [0.25, 0.3) is 0 Å². The second kappa shape index (κ2) is 6.25. The van der Waals surface area contributed by atoms with Gasteiger partial charge in [-0.1, -0.05) is 28.1 Å². The van der Waals surface area contributed by atoms with Crippen LogP contribution in [0.25, 0.3) is 0 Å². The van der Waals surface area contributed by atoms with E-state index in [1.54, 1.807) is 0 Å². The zero-order valence-electron chi connectivity index (χ0n) is 11.6. The first-order chi connectivity index (χ1) is 10.1. The van der Waals surface area contributed by atoms with E-state index in [0.717, 1.165) is 23.1 Å². The Bertz CT molecular complexity index is 558. The molecule has 0 aliphatic carbocycles. The van der Waals surface area contributed by atoms with Gasteiger partial charge in [0.2, 0.25) is 11.8 Å². The molecule has 2 aliphatic rings. The van der Waals surface area contributed by atoms with E-state index in [0.29, 0.717) is 19.9 Å². The highest BCUT2D eigenvalue weighted by Gasteiger charge is 2.40. The van der Waals surface area contributed by atoms with Crippen molar-refractivity contribution < 1.29 is 14.3 Å². The van der Waals surface area contributed by atoms with Crippen LogP contribution in [-0.4, -0.2) is 54.6 Å². The number of hydrogen-bond donors (Lipinski definition) is 0. The summed E-state index contributed by atoms with van der Waals surface area (Å²) in [4.78, 5) is 28.2. The van der Waals surface area contributed by atoms with Crippen LogP contribution in [0.5, 0.6) is 0 Å². The van der Waals surface area contributed by atoms with Gasteiger partial charge in [0.05, 0.1) is 25.8 Å². The number of rotatable bonds is 3. The molecule has 2 saturated heterocycles. The number of carbonyl (C=O) groups is 2. The molecule has 21 heavy (non-hydrogen) atoms. The fraction of sp³-hybridized carbons (Fsp3) is 0.467. The molecule has 0 N–H and O–H groups in total. The molecule has 5 nitrogen and oxygen atoms in total. The van der Waals surface area contributed by atoms with Crippen molar-refractivity contribution in [2.45, 2.75) is 12.3 Å². The van der Waals surface area contributed by atoms with Gasteiger partial charge in [-0.2, -0.15) is 0 Å². The van der Waals surface area contributed by atoms with Crippen molar-refractivity contribution in [1.29, 1.82) is 0 Å². The number of benzene rings is 1. The molecule has 3 rings (SSSR count). The lowest BCUT2D eigenvalue weighted by atomic mass is 9.98. The quantitative estimate of drug-likeness (QED) is 0.775. The number of halogens is 1. The summed E-state index contributed by atoms with van der Waals surface area (Å²) in [5.74, 6) is -0.530. The van der Waals surface area contributed by atoms with Crippen molar-refractivity contribution >= 4 is 27.7 Å². The van der Waals surface area contributed by atoms with Gasteiger partial charge in [-0.15, -0.1) is 0 Å². The average Bonchev–Trinajstić information content (AvgIpc) is 2.76. The van der Waals surface area contributed by atoms with Gasteiger partial charge in [0.1, 0.15) is 0 Å². The standard InChI is InChI=1S/C15H17BrN2O3/c16-12-3-1-2-11(8-12)13-9-14(19)18(15(13)20)10-17-4-6-21-7-5-17/h1-3,8,13H,4-7,9-10H2. The van der Waals surface area contributed by atoms with Gasteiger partial charge in [-0.3, -0.25) is 19.4 Å². The fourth-order valence-electron chi connectivity index (χ4n) is 2.76. The van der Waals surface area contributed by atoms with Crippen LogP contribution in [0, 0.1) is 0 Å². The first kappa shape index (κ1) is 14.7. The summed E-state index contributed by atoms with van der Waals surface area (Å²) in [5.41, 5.74) is 0.896. The van der Waals surface area contributed by atoms with E-state index in [1.807, 2.05) is 24.3 Å². The van der Waals surface area contributed by atoms with Crippen molar-refractivity contribution in [3.8, 4) is 0 Å². The van der Waals surface area contributed by atoms with Crippen LogP contribution in [0.15, 0.2) is 28.7 Å². The maximum Gasteiger partial charge on any atom is 0.238 e. The molecule has 1 aromatic carbocycles. The highest BCUT2D eigenvalue weighted by atomic mass is 79.9. The Hall–Kier alpha value is -1.24. The summed E-state index contributed by atoms with van der Waals surface area (Å²) in [6, 6.07) is 7.62. The number of ether oxygens (including phenoxy) is 1. The first-order valence-corrected chi connectivity index (χ1v) is 7.84. The number of hydrogen-bond acceptors (Lipinski definition) is 4. The maximum atomic E-state index is 12.5. The second-order valence-electron chi connectivity index (χ2n) is 5.34. The Labute approximate surface area is 132 Å². The fourth-order valence-corrected chi connectivity index (χ4v) is 3.17. The van der Waals surface area contributed by atoms with Gasteiger partial charge in [-0.25, -0.2) is 0 Å². The lowest BCUT2D eigenvalue weighted by molar-refractivity contribution is -0.142. The normalized spacial score (nSPS) is 23.9. The molecular weight excluding hydrogens is 336 g/mol. The minimum absolute atomic E-state index is 0.0866. The van der Waals surface area contributed by atoms with Crippen LogP contribution in [-0.2, 0) is 14.3 Å². The third kappa shape index (κ3) is 3.17. The molecule has 2 amide bonds. The molecule has 2 fully saturated rings. The predicted molar refractivity (Wildman–Crippen MR) is 80.6 cm³/mol. The summed E-state index contributed by atoms with van der Waals surface area (Å²) < 4.78 is 6.21. The van der Waals surface area contributed by atoms with E-state index >= 15 is 0 Å². The Morgan fingerprint density at radius 1 is 1.24 bits per heavy atom. The van der Waals surface area contributed by atoms with Crippen molar-refractivity contribution in [3.05, 3.63) is 34.3 Å². The number of nitrogens with zero attached hydrogens (tertiary/aromatic N) is 2. The van der Waals surface area contributed by atoms with E-state index < -0.39 is 0 Å². The minimum atomic E-state index is -0.351. The molecule has 0 aromatic heterocycles. The minimum Gasteiger partial charge on any atom is -0.379 e. The molecule has 2 aliphatic heterocycles. The third-order valence-corrected chi connectivity index (χ3v) is 4.43. The number of imide groups is 1. The van der Waals surface area contributed by atoms with Crippen molar-refractivity contribution in [2.24, 2.45) is 0 Å². The zero-order chi connectivity index (χ0) is 14.8. The number of morpholine rings is 1. The van der Waals surface area contributed by atoms with E-state index in [1.165, 1.54) is 4.90 Å². The van der Waals surface area contributed by atoms with Crippen molar-refractivity contribution in [2.75, 3.05) is 33.0 Å². The lowest BCUT2D eigenvalue weighted by Gasteiger charge is -2.29. The zero-order valence-corrected chi connectivity index (χ0v) is 13.2. The summed E-state index contributed by atoms with van der Waals surface area (Å²) in [7, 11) is 0. The van der Waals surface area contributed by atoms with Crippen LogP contribution >= 0.6 is 15.9 Å². The van der Waals surface area contributed by atoms with Gasteiger partial charge >= 0.3 is 0 Å². The number of amides is 2. The van der Waals surface area contributed by atoms with Crippen LogP contribution in [0.2, 0.25) is 0 Å². The molecule has 6 heteroatoms. The first-order valence-electron chi connectivity index (χ1n) is 7.05. The monoisotopic (exact) mass is 352 g/mol. The Kier molecular flexibility index (Phi) is 4.37. The van der Waals surface area contributed by atoms with Gasteiger partial charge < -0.3 is 4.74 Å². The predicted octanol–water partition coefficient (Wildman–Crippen LogP) is 1.58. The van der Waals surface area contributed by atoms with Crippen LogP contribution < -0.4 is 0 Å². The van der Waals surface area contributed by atoms with E-state index in [9.17, 15) is 9.59 Å². The topological polar surface area (TPSA) is 49.9 Å². The van der Waals surface area contributed by atoms with Crippen LogP contribution in [0.3, 0.4) is 0 Å². The molecule has 112 valence electrons. The molecule has 2 heterocycles. The molecule has 0 spiro atoms. The molecule has 1 unspecified atom stereocenters. The Morgan fingerprint density at radius 2 is 2.00 bits per heavy atom. The molecule has 0 saturated carbocycles. The Balaban J connectivity index is 1.72. The smallest absolute Gasteiger partial charge is 0.238 e. The van der Waals surface area contributed by atoms with Crippen LogP contribution in [0.1, 0.15) is 17.9 Å². The summed E-state index contributed by atoms with van der Waals surface area (Å²) in [6.45, 7) is 3.22. The summed E-state index contributed by atoms with van der Waals surface area (Å²) in [6.07, 6.45) is 0.264. The van der Waals surface area contributed by atoms with Crippen molar-refractivity contribution in [3.63, 3.8) is 0 Å². The molecular formula is C15H17BrN2O3. The van der Waals surface area contributed by atoms with Crippen molar-refractivity contribution in [1.82, 2.24) is 9.80 Å². The van der Waals surface area contributed by atoms with Crippen LogP contribution in [0.4, 0.5) is 0 Å². The van der Waals surface area contributed by atoms with E-state index in [4.69, 9.17) is 4.74 Å². The van der Waals surface area contributed by atoms with Gasteiger partial charge in [0.15, 0.2) is 0 Å². The SMILES string of the molecule is O=C1CC(c2cccc(Br)c2)C(=O)N1CN1CCOCC1. The highest BCUT2D eigenvalue weighted by Crippen LogP contribution is 2.31. The molecule has 0 bridgehead atoms. The van der Waals surface area contributed by atoms with E-state index in [-0.39, 0.29) is 24.2 Å². The second-order valence-corrected chi connectivity index (χ2v) is 6.26. The largest absolute Gasteiger partial charge is 0.379 e. The number of likely N-dealkylation sites (tertiary alicyclic amines) is 1. The molecule has 1 aromatic rings. The van der Waals surface area contributed by atoms with Gasteiger partial charge in [-0.05, 0) is 17.7 Å². The van der Waals surface area contributed by atoms with E-state index in [2.05, 4.69) is 20.8 Å². The highest BCUT2D eigenvalue weighted by molar-refractivity contribution is 9.10. The molecule has 0 radical (unpaired) electrons. The Morgan fingerprint density at radius 3 is 2.71 bits per heavy atom. The van der Waals surface area contributed by atoms with Gasteiger partial charge in [0, 0.05) is 24.0 Å². The third-order valence-electron chi connectivity index (χ3n) is 3.94. The summed E-state index contributed by atoms with van der Waals surface area (Å²) >= 11 is 3.41. The number of carbonyl (C=O) groups excluding carboxylic acids is 2. The molecule has 1 atom stereocenters.